The van der Waals surface area contributed by atoms with E-state index in [-0.39, 0.29) is 17.6 Å². The molecule has 1 aromatic carbocycles. The number of carbonyl (C=O) groups is 2. The minimum atomic E-state index is -0.485. The van der Waals surface area contributed by atoms with Gasteiger partial charge in [0.2, 0.25) is 11.8 Å². The minimum absolute atomic E-state index is 0.0799. The molecule has 0 bridgehead atoms. The van der Waals surface area contributed by atoms with Crippen LogP contribution in [0.1, 0.15) is 18.0 Å². The fourth-order valence-electron chi connectivity index (χ4n) is 2.48. The van der Waals surface area contributed by atoms with Gasteiger partial charge in [0.25, 0.3) is 0 Å². The van der Waals surface area contributed by atoms with E-state index in [2.05, 4.69) is 17.2 Å². The number of hydrogen-bond donors (Lipinski definition) is 2. The highest BCUT2D eigenvalue weighted by molar-refractivity contribution is 5.84. The predicted octanol–water partition coefficient (Wildman–Crippen LogP) is 0.991. The maximum Gasteiger partial charge on any atom is 0.242 e. The van der Waals surface area contributed by atoms with Crippen LogP contribution in [0, 0.1) is 5.82 Å². The Kier molecular flexibility index (Phi) is 5.66. The number of halogens is 1. The highest BCUT2D eigenvalue weighted by atomic mass is 19.1. The minimum Gasteiger partial charge on any atom is -0.353 e. The fourth-order valence-corrected chi connectivity index (χ4v) is 2.48. The molecule has 1 atom stereocenters. The average molecular weight is 305 g/mol. The third-order valence-electron chi connectivity index (χ3n) is 3.57. The molecule has 22 heavy (non-hydrogen) atoms. The molecule has 1 aromatic rings. The number of amides is 2. The molecular weight excluding hydrogens is 285 g/mol. The maximum atomic E-state index is 13.0. The Balaban J connectivity index is 2.03. The topological polar surface area (TPSA) is 61.4 Å². The van der Waals surface area contributed by atoms with E-state index in [1.165, 1.54) is 12.1 Å². The standard InChI is InChI=1S/C16H20FN3O2/c1-2-8-18-14(21)7-10-20-11-9-19-16(22)15(20)12-3-5-13(17)6-4-12/h2-6,15H,1,7-11H2,(H,18,21)(H,19,22)/t15-/m0/s1. The summed E-state index contributed by atoms with van der Waals surface area (Å²) in [5.74, 6) is -0.539. The lowest BCUT2D eigenvalue weighted by Crippen LogP contribution is -2.50. The van der Waals surface area contributed by atoms with Gasteiger partial charge >= 0.3 is 0 Å². The lowest BCUT2D eigenvalue weighted by atomic mass is 10.0. The van der Waals surface area contributed by atoms with E-state index in [1.807, 2.05) is 4.90 Å². The monoisotopic (exact) mass is 305 g/mol. The van der Waals surface area contributed by atoms with Crippen molar-refractivity contribution in [2.75, 3.05) is 26.2 Å². The number of nitrogens with zero attached hydrogens (tertiary/aromatic N) is 1. The van der Waals surface area contributed by atoms with Crippen molar-refractivity contribution < 1.29 is 14.0 Å². The van der Waals surface area contributed by atoms with Gasteiger partial charge in [-0.2, -0.15) is 0 Å². The quantitative estimate of drug-likeness (QED) is 0.771. The summed E-state index contributed by atoms with van der Waals surface area (Å²) < 4.78 is 13.0. The van der Waals surface area contributed by atoms with Gasteiger partial charge in [0, 0.05) is 32.6 Å². The van der Waals surface area contributed by atoms with Gasteiger partial charge in [-0.3, -0.25) is 14.5 Å². The van der Waals surface area contributed by atoms with Gasteiger partial charge in [-0.1, -0.05) is 18.2 Å². The second-order valence-corrected chi connectivity index (χ2v) is 5.12. The van der Waals surface area contributed by atoms with Crippen molar-refractivity contribution >= 4 is 11.8 Å². The van der Waals surface area contributed by atoms with Gasteiger partial charge in [-0.25, -0.2) is 4.39 Å². The molecule has 1 aliphatic rings. The number of hydrogen-bond acceptors (Lipinski definition) is 3. The molecule has 0 unspecified atom stereocenters. The highest BCUT2D eigenvalue weighted by Crippen LogP contribution is 2.23. The summed E-state index contributed by atoms with van der Waals surface area (Å²) in [7, 11) is 0. The van der Waals surface area contributed by atoms with Crippen LogP contribution in [0.25, 0.3) is 0 Å². The average Bonchev–Trinajstić information content (AvgIpc) is 2.52. The second kappa shape index (κ2) is 7.70. The zero-order valence-electron chi connectivity index (χ0n) is 12.3. The van der Waals surface area contributed by atoms with Crippen LogP contribution in [0.5, 0.6) is 0 Å². The van der Waals surface area contributed by atoms with E-state index < -0.39 is 6.04 Å². The Morgan fingerprint density at radius 3 is 2.86 bits per heavy atom. The first-order valence-corrected chi connectivity index (χ1v) is 7.26. The van der Waals surface area contributed by atoms with Gasteiger partial charge in [-0.05, 0) is 17.7 Å². The number of nitrogens with one attached hydrogen (secondary N) is 2. The smallest absolute Gasteiger partial charge is 0.242 e. The largest absolute Gasteiger partial charge is 0.353 e. The van der Waals surface area contributed by atoms with Gasteiger partial charge in [-0.15, -0.1) is 6.58 Å². The van der Waals surface area contributed by atoms with E-state index in [0.717, 1.165) is 5.56 Å². The molecular formula is C16H20FN3O2. The van der Waals surface area contributed by atoms with Crippen LogP contribution in [0.3, 0.4) is 0 Å². The molecule has 0 aliphatic carbocycles. The molecule has 1 saturated heterocycles. The summed E-state index contributed by atoms with van der Waals surface area (Å²) in [6.45, 7) is 5.65. The molecule has 2 amide bonds. The first-order chi connectivity index (χ1) is 10.6. The van der Waals surface area contributed by atoms with Gasteiger partial charge < -0.3 is 10.6 Å². The zero-order valence-corrected chi connectivity index (χ0v) is 12.3. The molecule has 5 nitrogen and oxygen atoms in total. The summed E-state index contributed by atoms with van der Waals surface area (Å²) in [5, 5.41) is 5.52. The molecule has 0 aromatic heterocycles. The molecule has 0 radical (unpaired) electrons. The van der Waals surface area contributed by atoms with Gasteiger partial charge in [0.15, 0.2) is 0 Å². The van der Waals surface area contributed by atoms with Crippen LogP contribution in [0.4, 0.5) is 4.39 Å². The van der Waals surface area contributed by atoms with E-state index in [4.69, 9.17) is 0 Å². The lowest BCUT2D eigenvalue weighted by molar-refractivity contribution is -0.130. The van der Waals surface area contributed by atoms with Crippen molar-refractivity contribution in [3.8, 4) is 0 Å². The van der Waals surface area contributed by atoms with E-state index in [0.29, 0.717) is 32.6 Å². The summed E-state index contributed by atoms with van der Waals surface area (Å²) in [6, 6.07) is 5.41. The number of rotatable bonds is 6. The van der Waals surface area contributed by atoms with Crippen LogP contribution in [-0.4, -0.2) is 42.9 Å². The van der Waals surface area contributed by atoms with Crippen molar-refractivity contribution in [3.05, 3.63) is 48.3 Å². The molecule has 2 rings (SSSR count). The summed E-state index contributed by atoms with van der Waals surface area (Å²) in [4.78, 5) is 25.8. The SMILES string of the molecule is C=CCNC(=O)CCN1CCNC(=O)[C@@H]1c1ccc(F)cc1. The molecule has 118 valence electrons. The van der Waals surface area contributed by atoms with Crippen LogP contribution in [0.2, 0.25) is 0 Å². The van der Waals surface area contributed by atoms with Gasteiger partial charge in [0.05, 0.1) is 0 Å². The van der Waals surface area contributed by atoms with Crippen LogP contribution < -0.4 is 10.6 Å². The molecule has 1 heterocycles. The first kappa shape index (κ1) is 16.2. The Morgan fingerprint density at radius 2 is 2.18 bits per heavy atom. The number of benzene rings is 1. The third-order valence-corrected chi connectivity index (χ3v) is 3.57. The third kappa shape index (κ3) is 4.14. The normalized spacial score (nSPS) is 18.6. The van der Waals surface area contributed by atoms with Gasteiger partial charge in [0.1, 0.15) is 11.9 Å². The summed E-state index contributed by atoms with van der Waals surface area (Å²) in [6.07, 6.45) is 1.92. The van der Waals surface area contributed by atoms with Crippen LogP contribution in [-0.2, 0) is 9.59 Å². The molecule has 1 fully saturated rings. The zero-order chi connectivity index (χ0) is 15.9. The number of carbonyl (C=O) groups excluding carboxylic acids is 2. The Hall–Kier alpha value is -2.21. The fraction of sp³-hybridized carbons (Fsp3) is 0.375. The Labute approximate surface area is 129 Å². The summed E-state index contributed by atoms with van der Waals surface area (Å²) >= 11 is 0. The predicted molar refractivity (Wildman–Crippen MR) is 81.5 cm³/mol. The summed E-state index contributed by atoms with van der Waals surface area (Å²) in [5.41, 5.74) is 0.727. The van der Waals surface area contributed by atoms with E-state index in [9.17, 15) is 14.0 Å². The Morgan fingerprint density at radius 1 is 1.45 bits per heavy atom. The van der Waals surface area contributed by atoms with Crippen molar-refractivity contribution in [3.63, 3.8) is 0 Å². The lowest BCUT2D eigenvalue weighted by Gasteiger charge is -2.35. The Bertz CT molecular complexity index is 545. The molecule has 0 saturated carbocycles. The maximum absolute atomic E-state index is 13.0. The molecule has 1 aliphatic heterocycles. The molecule has 6 heteroatoms. The highest BCUT2D eigenvalue weighted by Gasteiger charge is 2.31. The van der Waals surface area contributed by atoms with Crippen molar-refractivity contribution in [1.29, 1.82) is 0 Å². The van der Waals surface area contributed by atoms with Crippen molar-refractivity contribution in [2.45, 2.75) is 12.5 Å². The molecule has 2 N–H and O–H groups in total. The second-order valence-electron chi connectivity index (χ2n) is 5.12. The van der Waals surface area contributed by atoms with E-state index >= 15 is 0 Å². The van der Waals surface area contributed by atoms with Crippen molar-refractivity contribution in [1.82, 2.24) is 15.5 Å². The first-order valence-electron chi connectivity index (χ1n) is 7.26. The number of piperazine rings is 1. The van der Waals surface area contributed by atoms with Crippen molar-refractivity contribution in [2.24, 2.45) is 0 Å². The van der Waals surface area contributed by atoms with Crippen LogP contribution in [0.15, 0.2) is 36.9 Å². The molecule has 0 spiro atoms. The van der Waals surface area contributed by atoms with Crippen LogP contribution >= 0.6 is 0 Å². The van der Waals surface area contributed by atoms with E-state index in [1.54, 1.807) is 18.2 Å².